The van der Waals surface area contributed by atoms with Crippen molar-refractivity contribution in [2.45, 2.75) is 12.8 Å². The van der Waals surface area contributed by atoms with Crippen molar-refractivity contribution in [2.24, 2.45) is 5.92 Å². The Labute approximate surface area is 132 Å². The van der Waals surface area contributed by atoms with Crippen LogP contribution in [0, 0.1) is 5.92 Å². The predicted molar refractivity (Wildman–Crippen MR) is 85.5 cm³/mol. The maximum Gasteiger partial charge on any atom is 0.357 e. The van der Waals surface area contributed by atoms with E-state index >= 15 is 0 Å². The summed E-state index contributed by atoms with van der Waals surface area (Å²) in [5.74, 6) is 0.562. The quantitative estimate of drug-likeness (QED) is 0.910. The van der Waals surface area contributed by atoms with Crippen LogP contribution in [0.5, 0.6) is 0 Å². The van der Waals surface area contributed by atoms with Crippen LogP contribution in [0.3, 0.4) is 0 Å². The van der Waals surface area contributed by atoms with Gasteiger partial charge in [-0.05, 0) is 44.0 Å². The Morgan fingerprint density at radius 3 is 2.45 bits per heavy atom. The van der Waals surface area contributed by atoms with E-state index in [1.54, 1.807) is 17.2 Å². The Hall–Kier alpha value is -1.43. The summed E-state index contributed by atoms with van der Waals surface area (Å²) in [7, 11) is 0. The molecule has 0 saturated carbocycles. The van der Waals surface area contributed by atoms with Crippen LogP contribution >= 0.6 is 0 Å². The number of piperidine rings is 1. The molecule has 0 unspecified atom stereocenters. The van der Waals surface area contributed by atoms with Crippen LogP contribution in [-0.4, -0.2) is 61.7 Å². The maximum atomic E-state index is 12.0. The lowest BCUT2D eigenvalue weighted by Gasteiger charge is -2.36. The number of carbonyl (C=O) groups excluding carboxylic acids is 1. The smallest absolute Gasteiger partial charge is 0.357 e. The van der Waals surface area contributed by atoms with E-state index in [0.29, 0.717) is 5.56 Å². The second-order valence-electron chi connectivity index (χ2n) is 6.17. The summed E-state index contributed by atoms with van der Waals surface area (Å²) in [6.07, 6.45) is 2.56. The normalized spacial score (nSPS) is 21.6. The molecule has 1 aromatic rings. The van der Waals surface area contributed by atoms with E-state index in [-0.39, 0.29) is 5.97 Å². The van der Waals surface area contributed by atoms with Crippen molar-refractivity contribution >= 4 is 5.97 Å². The highest BCUT2D eigenvalue weighted by Crippen LogP contribution is 2.15. The molecule has 1 aromatic carbocycles. The van der Waals surface area contributed by atoms with Gasteiger partial charge in [-0.25, -0.2) is 4.79 Å². The van der Waals surface area contributed by atoms with Crippen LogP contribution < -0.4 is 5.32 Å². The second kappa shape index (κ2) is 7.72. The molecule has 5 nitrogen and oxygen atoms in total. The fraction of sp³-hybridized carbons (Fsp3) is 0.588. The number of piperazine rings is 1. The monoisotopic (exact) mass is 303 g/mol. The van der Waals surface area contributed by atoms with Gasteiger partial charge in [0, 0.05) is 32.7 Å². The molecule has 3 rings (SSSR count). The summed E-state index contributed by atoms with van der Waals surface area (Å²) < 4.78 is 0. The van der Waals surface area contributed by atoms with Crippen molar-refractivity contribution < 1.29 is 9.63 Å². The SMILES string of the molecule is O=C(ON1CCN(CC2CCNCC2)CC1)c1ccccc1. The minimum Gasteiger partial charge on any atom is -0.364 e. The van der Waals surface area contributed by atoms with Crippen molar-refractivity contribution in [1.29, 1.82) is 0 Å². The van der Waals surface area contributed by atoms with Crippen LogP contribution in [0.1, 0.15) is 23.2 Å². The first-order chi connectivity index (χ1) is 10.8. The molecule has 0 spiro atoms. The van der Waals surface area contributed by atoms with Gasteiger partial charge in [0.2, 0.25) is 0 Å². The van der Waals surface area contributed by atoms with E-state index in [2.05, 4.69) is 10.2 Å². The molecule has 2 aliphatic heterocycles. The molecule has 0 bridgehead atoms. The molecule has 0 amide bonds. The van der Waals surface area contributed by atoms with Gasteiger partial charge in [0.1, 0.15) is 0 Å². The Balaban J connectivity index is 1.41. The van der Waals surface area contributed by atoms with Gasteiger partial charge in [0.05, 0.1) is 5.56 Å². The van der Waals surface area contributed by atoms with Crippen molar-refractivity contribution in [3.8, 4) is 0 Å². The van der Waals surface area contributed by atoms with Crippen LogP contribution in [0.15, 0.2) is 30.3 Å². The van der Waals surface area contributed by atoms with Gasteiger partial charge >= 0.3 is 5.97 Å². The molecular weight excluding hydrogens is 278 g/mol. The first-order valence-corrected chi connectivity index (χ1v) is 8.26. The number of hydrogen-bond donors (Lipinski definition) is 1. The number of hydroxylamine groups is 2. The summed E-state index contributed by atoms with van der Waals surface area (Å²) in [6.45, 7) is 7.03. The zero-order chi connectivity index (χ0) is 15.2. The zero-order valence-corrected chi connectivity index (χ0v) is 13.0. The van der Waals surface area contributed by atoms with E-state index in [0.717, 1.165) is 45.2 Å². The van der Waals surface area contributed by atoms with Crippen molar-refractivity contribution in [2.75, 3.05) is 45.8 Å². The molecule has 0 aliphatic carbocycles. The molecule has 0 aromatic heterocycles. The third-order valence-electron chi connectivity index (χ3n) is 4.53. The highest BCUT2D eigenvalue weighted by Gasteiger charge is 2.23. The highest BCUT2D eigenvalue weighted by molar-refractivity contribution is 5.89. The number of nitrogens with one attached hydrogen (secondary N) is 1. The van der Waals surface area contributed by atoms with E-state index < -0.39 is 0 Å². The molecule has 0 radical (unpaired) electrons. The minimum absolute atomic E-state index is 0.257. The van der Waals surface area contributed by atoms with Crippen LogP contribution in [0.25, 0.3) is 0 Å². The lowest BCUT2D eigenvalue weighted by atomic mass is 9.97. The molecule has 22 heavy (non-hydrogen) atoms. The molecule has 2 saturated heterocycles. The summed E-state index contributed by atoms with van der Waals surface area (Å²) in [4.78, 5) is 20.0. The first-order valence-electron chi connectivity index (χ1n) is 8.26. The largest absolute Gasteiger partial charge is 0.364 e. The van der Waals surface area contributed by atoms with Gasteiger partial charge in [-0.1, -0.05) is 18.2 Å². The van der Waals surface area contributed by atoms with Gasteiger partial charge in [0.15, 0.2) is 0 Å². The Bertz CT molecular complexity index is 466. The van der Waals surface area contributed by atoms with E-state index in [9.17, 15) is 4.79 Å². The van der Waals surface area contributed by atoms with Crippen molar-refractivity contribution in [1.82, 2.24) is 15.3 Å². The summed E-state index contributed by atoms with van der Waals surface area (Å²) in [6, 6.07) is 9.18. The molecule has 2 heterocycles. The van der Waals surface area contributed by atoms with E-state index in [4.69, 9.17) is 4.84 Å². The van der Waals surface area contributed by atoms with Crippen molar-refractivity contribution in [3.63, 3.8) is 0 Å². The molecule has 2 fully saturated rings. The maximum absolute atomic E-state index is 12.0. The lowest BCUT2D eigenvalue weighted by molar-refractivity contribution is -0.131. The average Bonchev–Trinajstić information content (AvgIpc) is 2.58. The highest BCUT2D eigenvalue weighted by atomic mass is 16.7. The topological polar surface area (TPSA) is 44.8 Å². The van der Waals surface area contributed by atoms with E-state index in [1.807, 2.05) is 18.2 Å². The summed E-state index contributed by atoms with van der Waals surface area (Å²) in [5.41, 5.74) is 0.611. The number of carbonyl (C=O) groups is 1. The van der Waals surface area contributed by atoms with Gasteiger partial charge in [-0.15, -0.1) is 5.06 Å². The predicted octanol–water partition coefficient (Wildman–Crippen LogP) is 1.38. The molecule has 0 atom stereocenters. The molecule has 2 aliphatic rings. The second-order valence-corrected chi connectivity index (χ2v) is 6.17. The number of nitrogens with zero attached hydrogens (tertiary/aromatic N) is 2. The van der Waals surface area contributed by atoms with Crippen LogP contribution in [0.4, 0.5) is 0 Å². The van der Waals surface area contributed by atoms with Gasteiger partial charge in [-0.3, -0.25) is 0 Å². The zero-order valence-electron chi connectivity index (χ0n) is 13.0. The fourth-order valence-corrected chi connectivity index (χ4v) is 3.18. The number of rotatable bonds is 4. The molecule has 120 valence electrons. The Kier molecular flexibility index (Phi) is 5.43. The third-order valence-corrected chi connectivity index (χ3v) is 4.53. The van der Waals surface area contributed by atoms with Gasteiger partial charge in [-0.2, -0.15) is 0 Å². The Morgan fingerprint density at radius 1 is 1.09 bits per heavy atom. The molecular formula is C17H25N3O2. The van der Waals surface area contributed by atoms with Gasteiger partial charge in [0.25, 0.3) is 0 Å². The third kappa shape index (κ3) is 4.29. The summed E-state index contributed by atoms with van der Waals surface area (Å²) >= 11 is 0. The first kappa shape index (κ1) is 15.5. The standard InChI is InChI=1S/C17H25N3O2/c21-17(16-4-2-1-3-5-16)22-20-12-10-19(11-13-20)14-15-6-8-18-9-7-15/h1-5,15,18H,6-14H2. The molecule has 5 heteroatoms. The van der Waals surface area contributed by atoms with E-state index in [1.165, 1.54) is 19.4 Å². The minimum atomic E-state index is -0.257. The van der Waals surface area contributed by atoms with Gasteiger partial charge < -0.3 is 15.1 Å². The van der Waals surface area contributed by atoms with Crippen molar-refractivity contribution in [3.05, 3.63) is 35.9 Å². The van der Waals surface area contributed by atoms with Crippen LogP contribution in [0.2, 0.25) is 0 Å². The lowest BCUT2D eigenvalue weighted by Crippen LogP contribution is -2.49. The number of benzene rings is 1. The Morgan fingerprint density at radius 2 is 1.77 bits per heavy atom. The number of hydrogen-bond acceptors (Lipinski definition) is 5. The van der Waals surface area contributed by atoms with Crippen LogP contribution in [-0.2, 0) is 4.84 Å². The average molecular weight is 303 g/mol. The fourth-order valence-electron chi connectivity index (χ4n) is 3.18. The summed E-state index contributed by atoms with van der Waals surface area (Å²) in [5, 5.41) is 5.21. The molecule has 1 N–H and O–H groups in total.